The number of aliphatic carboxylic acids is 1. The van der Waals surface area contributed by atoms with Crippen molar-refractivity contribution in [2.24, 2.45) is 5.92 Å². The predicted molar refractivity (Wildman–Crippen MR) is 70.0 cm³/mol. The molecular weight excluding hydrogens is 284 g/mol. The van der Waals surface area contributed by atoms with Gasteiger partial charge in [0, 0.05) is 25.2 Å². The van der Waals surface area contributed by atoms with E-state index in [-0.39, 0.29) is 42.7 Å². The Bertz CT molecular complexity index is 532. The third-order valence-electron chi connectivity index (χ3n) is 4.69. The van der Waals surface area contributed by atoms with Crippen LogP contribution in [0.3, 0.4) is 0 Å². The van der Waals surface area contributed by atoms with Crippen molar-refractivity contribution in [3.63, 3.8) is 0 Å². The van der Waals surface area contributed by atoms with Gasteiger partial charge in [-0.3, -0.25) is 4.79 Å². The number of sulfone groups is 1. The van der Waals surface area contributed by atoms with Crippen LogP contribution < -0.4 is 0 Å². The summed E-state index contributed by atoms with van der Waals surface area (Å²) in [5.74, 6) is -1.29. The third kappa shape index (κ3) is 2.15. The first kappa shape index (κ1) is 13.7. The molecule has 3 heterocycles. The normalized spacial score (nSPS) is 35.3. The van der Waals surface area contributed by atoms with Crippen LogP contribution in [-0.4, -0.2) is 72.0 Å². The number of hydrogen-bond donors (Lipinski definition) is 1. The van der Waals surface area contributed by atoms with Crippen LogP contribution in [0.2, 0.25) is 0 Å². The second kappa shape index (κ2) is 4.61. The summed E-state index contributed by atoms with van der Waals surface area (Å²) >= 11 is 0. The van der Waals surface area contributed by atoms with E-state index in [0.29, 0.717) is 6.42 Å². The fourth-order valence-electron chi connectivity index (χ4n) is 3.62. The van der Waals surface area contributed by atoms with Crippen molar-refractivity contribution >= 4 is 21.8 Å². The molecule has 1 N–H and O–H groups in total. The van der Waals surface area contributed by atoms with E-state index in [9.17, 15) is 23.1 Å². The van der Waals surface area contributed by atoms with Gasteiger partial charge in [0.15, 0.2) is 9.84 Å². The first-order valence-electron chi connectivity index (χ1n) is 6.89. The summed E-state index contributed by atoms with van der Waals surface area (Å²) in [4.78, 5) is 26.9. The average molecular weight is 302 g/mol. The van der Waals surface area contributed by atoms with E-state index >= 15 is 0 Å². The summed E-state index contributed by atoms with van der Waals surface area (Å²) in [6.45, 7) is 0.434. The maximum atomic E-state index is 12.5. The molecule has 0 radical (unpaired) electrons. The molecule has 0 spiro atoms. The molecule has 20 heavy (non-hydrogen) atoms. The zero-order chi connectivity index (χ0) is 14.5. The number of carbonyl (C=O) groups is 2. The number of fused-ring (bicyclic) bond motifs is 2. The highest BCUT2D eigenvalue weighted by Gasteiger charge is 2.52. The number of carboxylic acid groups (broad SMARTS) is 1. The van der Waals surface area contributed by atoms with Crippen LogP contribution in [0.4, 0.5) is 4.79 Å². The Kier molecular flexibility index (Phi) is 3.15. The Morgan fingerprint density at radius 2 is 1.75 bits per heavy atom. The van der Waals surface area contributed by atoms with E-state index < -0.39 is 21.7 Å². The van der Waals surface area contributed by atoms with Crippen LogP contribution in [0.25, 0.3) is 0 Å². The minimum Gasteiger partial charge on any atom is -0.481 e. The van der Waals surface area contributed by atoms with Gasteiger partial charge in [-0.25, -0.2) is 13.2 Å². The van der Waals surface area contributed by atoms with Gasteiger partial charge in [0.05, 0.1) is 17.4 Å². The first-order chi connectivity index (χ1) is 9.39. The van der Waals surface area contributed by atoms with Crippen LogP contribution in [0.1, 0.15) is 19.3 Å². The van der Waals surface area contributed by atoms with Crippen molar-refractivity contribution in [3.8, 4) is 0 Å². The molecule has 3 rings (SSSR count). The number of urea groups is 1. The van der Waals surface area contributed by atoms with Crippen LogP contribution in [0, 0.1) is 5.92 Å². The largest absolute Gasteiger partial charge is 0.481 e. The lowest BCUT2D eigenvalue weighted by Gasteiger charge is -2.33. The molecule has 3 saturated heterocycles. The molecule has 3 aliphatic heterocycles. The van der Waals surface area contributed by atoms with Gasteiger partial charge in [-0.1, -0.05) is 0 Å². The van der Waals surface area contributed by atoms with Gasteiger partial charge in [0.25, 0.3) is 0 Å². The number of nitrogens with zero attached hydrogens (tertiary/aromatic N) is 2. The minimum atomic E-state index is -3.01. The lowest BCUT2D eigenvalue weighted by molar-refractivity contribution is -0.142. The molecule has 2 bridgehead atoms. The van der Waals surface area contributed by atoms with Gasteiger partial charge in [-0.2, -0.15) is 0 Å². The zero-order valence-electron chi connectivity index (χ0n) is 11.1. The summed E-state index contributed by atoms with van der Waals surface area (Å²) in [6.07, 6.45) is 2.11. The molecule has 2 amide bonds. The molecule has 0 aromatic carbocycles. The van der Waals surface area contributed by atoms with Gasteiger partial charge < -0.3 is 14.9 Å². The second-order valence-corrected chi connectivity index (χ2v) is 8.11. The summed E-state index contributed by atoms with van der Waals surface area (Å²) < 4.78 is 22.8. The molecule has 0 aliphatic carbocycles. The Morgan fingerprint density at radius 1 is 1.10 bits per heavy atom. The lowest BCUT2D eigenvalue weighted by atomic mass is 9.89. The van der Waals surface area contributed by atoms with Crippen molar-refractivity contribution < 1.29 is 23.1 Å². The van der Waals surface area contributed by atoms with Crippen molar-refractivity contribution in [1.29, 1.82) is 0 Å². The highest BCUT2D eigenvalue weighted by atomic mass is 32.2. The highest BCUT2D eigenvalue weighted by Crippen LogP contribution is 2.42. The fourth-order valence-corrected chi connectivity index (χ4v) is 4.82. The van der Waals surface area contributed by atoms with Crippen LogP contribution >= 0.6 is 0 Å². The van der Waals surface area contributed by atoms with E-state index in [0.717, 1.165) is 12.8 Å². The maximum absolute atomic E-state index is 12.5. The summed E-state index contributed by atoms with van der Waals surface area (Å²) in [6, 6.07) is -0.396. The van der Waals surface area contributed by atoms with E-state index in [1.807, 2.05) is 0 Å². The van der Waals surface area contributed by atoms with E-state index in [4.69, 9.17) is 0 Å². The molecule has 0 aromatic heterocycles. The number of amides is 2. The van der Waals surface area contributed by atoms with Crippen LogP contribution in [0.15, 0.2) is 0 Å². The number of rotatable bonds is 1. The summed E-state index contributed by atoms with van der Waals surface area (Å²) in [5, 5.41) is 9.18. The topological polar surface area (TPSA) is 95.0 Å². The Morgan fingerprint density at radius 3 is 2.30 bits per heavy atom. The first-order valence-corrected chi connectivity index (χ1v) is 8.71. The average Bonchev–Trinajstić information content (AvgIpc) is 2.95. The molecule has 112 valence electrons. The fraction of sp³-hybridized carbons (Fsp3) is 0.833. The Hall–Kier alpha value is -1.31. The lowest BCUT2D eigenvalue weighted by Crippen LogP contribution is -2.51. The zero-order valence-corrected chi connectivity index (χ0v) is 11.9. The molecule has 3 unspecified atom stereocenters. The second-order valence-electron chi connectivity index (χ2n) is 5.81. The number of hydrogen-bond acceptors (Lipinski definition) is 4. The number of carboxylic acids is 1. The predicted octanol–water partition coefficient (Wildman–Crippen LogP) is -0.226. The highest BCUT2D eigenvalue weighted by molar-refractivity contribution is 7.91. The van der Waals surface area contributed by atoms with Crippen LogP contribution in [-0.2, 0) is 14.6 Å². The minimum absolute atomic E-state index is 0.00424. The van der Waals surface area contributed by atoms with E-state index in [2.05, 4.69) is 0 Å². The molecule has 0 saturated carbocycles. The van der Waals surface area contributed by atoms with Crippen molar-refractivity contribution in [2.75, 3.05) is 24.6 Å². The van der Waals surface area contributed by atoms with Crippen LogP contribution in [0.5, 0.6) is 0 Å². The Labute approximate surface area is 117 Å². The van der Waals surface area contributed by atoms with Crippen molar-refractivity contribution in [2.45, 2.75) is 31.3 Å². The molecule has 3 fully saturated rings. The van der Waals surface area contributed by atoms with Gasteiger partial charge in [0.2, 0.25) is 0 Å². The van der Waals surface area contributed by atoms with E-state index in [1.165, 1.54) is 0 Å². The maximum Gasteiger partial charge on any atom is 0.320 e. The summed E-state index contributed by atoms with van der Waals surface area (Å²) in [5.41, 5.74) is 0. The Balaban J connectivity index is 1.71. The number of carbonyl (C=O) groups excluding carboxylic acids is 1. The third-order valence-corrected chi connectivity index (χ3v) is 6.30. The van der Waals surface area contributed by atoms with E-state index in [1.54, 1.807) is 9.80 Å². The van der Waals surface area contributed by atoms with Crippen molar-refractivity contribution in [3.05, 3.63) is 0 Å². The van der Waals surface area contributed by atoms with Crippen molar-refractivity contribution in [1.82, 2.24) is 9.80 Å². The molecule has 0 aromatic rings. The van der Waals surface area contributed by atoms with Gasteiger partial charge in [-0.15, -0.1) is 0 Å². The standard InChI is InChI=1S/C12H18N2O5S/c15-11(16)9-7-8-1-2-10(9)14(8)12(17)13-3-5-20(18,19)6-4-13/h8-10H,1-7H2,(H,15,16). The SMILES string of the molecule is O=C(O)C1CC2CCC1N2C(=O)N1CCS(=O)(=O)CC1. The van der Waals surface area contributed by atoms with Gasteiger partial charge in [-0.05, 0) is 19.3 Å². The quantitative estimate of drug-likeness (QED) is 0.722. The molecule has 3 aliphatic rings. The monoisotopic (exact) mass is 302 g/mol. The molecule has 8 heteroatoms. The van der Waals surface area contributed by atoms with Gasteiger partial charge >= 0.3 is 12.0 Å². The summed E-state index contributed by atoms with van der Waals surface area (Å²) in [7, 11) is -3.01. The smallest absolute Gasteiger partial charge is 0.320 e. The molecular formula is C12H18N2O5S. The molecule has 3 atom stereocenters. The molecule has 7 nitrogen and oxygen atoms in total. The van der Waals surface area contributed by atoms with Gasteiger partial charge in [0.1, 0.15) is 0 Å².